The molecule has 0 saturated carbocycles. The fraction of sp³-hybridized carbons (Fsp3) is 0.391. The summed E-state index contributed by atoms with van der Waals surface area (Å²) in [6, 6.07) is 10.6. The van der Waals surface area contributed by atoms with Crippen molar-refractivity contribution in [1.82, 2.24) is 9.47 Å². The minimum Gasteiger partial charge on any atom is -0.466 e. The van der Waals surface area contributed by atoms with Gasteiger partial charge in [-0.2, -0.15) is 0 Å². The van der Waals surface area contributed by atoms with E-state index in [1.165, 1.54) is 6.07 Å². The van der Waals surface area contributed by atoms with Crippen LogP contribution in [0.15, 0.2) is 36.4 Å². The fourth-order valence-corrected chi connectivity index (χ4v) is 5.05. The first kappa shape index (κ1) is 20.6. The van der Waals surface area contributed by atoms with Crippen molar-refractivity contribution in [2.45, 2.75) is 33.2 Å². The van der Waals surface area contributed by atoms with E-state index in [0.29, 0.717) is 31.0 Å². The van der Waals surface area contributed by atoms with Gasteiger partial charge in [0.05, 0.1) is 29.3 Å². The minimum atomic E-state index is -0.291. The van der Waals surface area contributed by atoms with E-state index >= 15 is 0 Å². The number of aryl methyl sites for hydroxylation is 1. The lowest BCUT2D eigenvalue weighted by molar-refractivity contribution is -0.149. The van der Waals surface area contributed by atoms with Crippen LogP contribution in [-0.4, -0.2) is 41.0 Å². The molecule has 1 amide bonds. The first-order chi connectivity index (χ1) is 14.5. The van der Waals surface area contributed by atoms with Crippen LogP contribution in [-0.2, 0) is 16.1 Å². The standard InChI is InChI=1S/C23H25FN2O3S/c1-3-29-23(28)17-8-6-10-25(13-17)22(27)20-12-21-19(11-15(2)30-21)26(20)14-16-7-4-5-9-18(16)24/h4-5,7,9,11-12,17H,3,6,8,10,13-14H2,1-2H3/t17-/m1/s1. The molecule has 0 N–H and O–H groups in total. The summed E-state index contributed by atoms with van der Waals surface area (Å²) in [6.45, 7) is 5.39. The number of hydrogen-bond donors (Lipinski definition) is 0. The van der Waals surface area contributed by atoms with Crippen LogP contribution < -0.4 is 0 Å². The molecule has 3 aromatic rings. The summed E-state index contributed by atoms with van der Waals surface area (Å²) in [5, 5.41) is 0. The van der Waals surface area contributed by atoms with Gasteiger partial charge in [0.25, 0.3) is 5.91 Å². The third-order valence-corrected chi connectivity index (χ3v) is 6.53. The van der Waals surface area contributed by atoms with Gasteiger partial charge in [0.15, 0.2) is 0 Å². The quantitative estimate of drug-likeness (QED) is 0.558. The number of ether oxygens (including phenoxy) is 1. The molecule has 1 atom stereocenters. The van der Waals surface area contributed by atoms with E-state index in [1.807, 2.05) is 23.6 Å². The third-order valence-electron chi connectivity index (χ3n) is 5.55. The molecule has 30 heavy (non-hydrogen) atoms. The molecule has 1 aliphatic rings. The Hall–Kier alpha value is -2.67. The fourth-order valence-electron chi connectivity index (χ4n) is 4.09. The molecule has 1 aromatic carbocycles. The van der Waals surface area contributed by atoms with E-state index in [4.69, 9.17) is 4.74 Å². The summed E-state index contributed by atoms with van der Waals surface area (Å²) in [5.74, 6) is -0.944. The van der Waals surface area contributed by atoms with E-state index in [-0.39, 0.29) is 30.2 Å². The Balaban J connectivity index is 1.66. The Morgan fingerprint density at radius 1 is 1.27 bits per heavy atom. The summed E-state index contributed by atoms with van der Waals surface area (Å²) in [5.41, 5.74) is 2.00. The molecule has 158 valence electrons. The SMILES string of the molecule is CCOC(=O)[C@@H]1CCCN(C(=O)c2cc3sc(C)cc3n2Cc2ccccc2F)C1. The summed E-state index contributed by atoms with van der Waals surface area (Å²) in [6.07, 6.45) is 1.49. The highest BCUT2D eigenvalue weighted by Gasteiger charge is 2.31. The first-order valence-electron chi connectivity index (χ1n) is 10.3. The molecule has 2 aromatic heterocycles. The van der Waals surface area contributed by atoms with E-state index in [0.717, 1.165) is 27.9 Å². The van der Waals surface area contributed by atoms with Gasteiger partial charge in [-0.1, -0.05) is 18.2 Å². The molecule has 0 aliphatic carbocycles. The van der Waals surface area contributed by atoms with Gasteiger partial charge in [-0.15, -0.1) is 11.3 Å². The van der Waals surface area contributed by atoms with Crippen LogP contribution in [0.25, 0.3) is 10.2 Å². The number of aromatic nitrogens is 1. The van der Waals surface area contributed by atoms with Crippen molar-refractivity contribution >= 4 is 33.4 Å². The Bertz CT molecular complexity index is 1090. The van der Waals surface area contributed by atoms with E-state index in [2.05, 4.69) is 0 Å². The predicted octanol–water partition coefficient (Wildman–Crippen LogP) is 4.61. The molecule has 1 saturated heterocycles. The van der Waals surface area contributed by atoms with Crippen LogP contribution in [0.3, 0.4) is 0 Å². The maximum absolute atomic E-state index is 14.3. The van der Waals surface area contributed by atoms with Crippen molar-refractivity contribution in [2.75, 3.05) is 19.7 Å². The maximum Gasteiger partial charge on any atom is 0.310 e. The van der Waals surface area contributed by atoms with Crippen molar-refractivity contribution in [2.24, 2.45) is 5.92 Å². The Labute approximate surface area is 179 Å². The molecule has 0 spiro atoms. The third kappa shape index (κ3) is 3.99. The number of thiophene rings is 1. The monoisotopic (exact) mass is 428 g/mol. The Kier molecular flexibility index (Phi) is 5.90. The van der Waals surface area contributed by atoms with E-state index in [9.17, 15) is 14.0 Å². The van der Waals surface area contributed by atoms with Gasteiger partial charge < -0.3 is 14.2 Å². The zero-order chi connectivity index (χ0) is 21.3. The number of fused-ring (bicyclic) bond motifs is 1. The number of halogens is 1. The number of piperidine rings is 1. The van der Waals surface area contributed by atoms with Crippen molar-refractivity contribution in [3.63, 3.8) is 0 Å². The lowest BCUT2D eigenvalue weighted by atomic mass is 9.98. The van der Waals surface area contributed by atoms with Crippen molar-refractivity contribution in [3.05, 3.63) is 58.3 Å². The molecule has 4 rings (SSSR count). The largest absolute Gasteiger partial charge is 0.466 e. The number of carbonyl (C=O) groups excluding carboxylic acids is 2. The number of benzene rings is 1. The van der Waals surface area contributed by atoms with Gasteiger partial charge in [0, 0.05) is 23.5 Å². The van der Waals surface area contributed by atoms with Crippen molar-refractivity contribution in [1.29, 1.82) is 0 Å². The van der Waals surface area contributed by atoms with Crippen LogP contribution in [0, 0.1) is 18.7 Å². The molecule has 5 nitrogen and oxygen atoms in total. The summed E-state index contributed by atoms with van der Waals surface area (Å²) in [7, 11) is 0. The van der Waals surface area contributed by atoms with Crippen molar-refractivity contribution < 1.29 is 18.7 Å². The number of hydrogen-bond acceptors (Lipinski definition) is 4. The molecule has 0 unspecified atom stereocenters. The van der Waals surface area contributed by atoms with Gasteiger partial charge in [0.2, 0.25) is 0 Å². The molecule has 0 radical (unpaired) electrons. The average molecular weight is 429 g/mol. The highest BCUT2D eigenvalue weighted by Crippen LogP contribution is 2.31. The smallest absolute Gasteiger partial charge is 0.310 e. The van der Waals surface area contributed by atoms with Crippen LogP contribution in [0.4, 0.5) is 4.39 Å². The zero-order valence-electron chi connectivity index (χ0n) is 17.2. The highest BCUT2D eigenvalue weighted by atomic mass is 32.1. The topological polar surface area (TPSA) is 51.5 Å². The van der Waals surface area contributed by atoms with Crippen molar-refractivity contribution in [3.8, 4) is 0 Å². The Morgan fingerprint density at radius 2 is 2.07 bits per heavy atom. The van der Waals surface area contributed by atoms with Gasteiger partial charge >= 0.3 is 5.97 Å². The molecule has 1 fully saturated rings. The van der Waals surface area contributed by atoms with Crippen LogP contribution >= 0.6 is 11.3 Å². The minimum absolute atomic E-state index is 0.124. The average Bonchev–Trinajstić information content (AvgIpc) is 3.26. The van der Waals surface area contributed by atoms with Gasteiger partial charge in [-0.25, -0.2) is 4.39 Å². The maximum atomic E-state index is 14.3. The number of esters is 1. The van der Waals surface area contributed by atoms with Gasteiger partial charge in [-0.3, -0.25) is 9.59 Å². The van der Waals surface area contributed by atoms with E-state index in [1.54, 1.807) is 41.4 Å². The predicted molar refractivity (Wildman–Crippen MR) is 115 cm³/mol. The molecule has 7 heteroatoms. The molecule has 1 aliphatic heterocycles. The highest BCUT2D eigenvalue weighted by molar-refractivity contribution is 7.19. The van der Waals surface area contributed by atoms with Crippen LogP contribution in [0.2, 0.25) is 0 Å². The van der Waals surface area contributed by atoms with Gasteiger partial charge in [0.1, 0.15) is 11.5 Å². The Morgan fingerprint density at radius 3 is 2.83 bits per heavy atom. The zero-order valence-corrected chi connectivity index (χ0v) is 18.0. The molecular formula is C23H25FN2O3S. The molecule has 3 heterocycles. The summed E-state index contributed by atoms with van der Waals surface area (Å²) < 4.78 is 22.4. The normalized spacial score (nSPS) is 16.8. The second-order valence-electron chi connectivity index (χ2n) is 7.66. The lowest BCUT2D eigenvalue weighted by Gasteiger charge is -2.31. The number of rotatable bonds is 5. The number of amides is 1. The van der Waals surface area contributed by atoms with Crippen LogP contribution in [0.1, 0.15) is 40.7 Å². The molecular weight excluding hydrogens is 403 g/mol. The summed E-state index contributed by atoms with van der Waals surface area (Å²) in [4.78, 5) is 28.5. The first-order valence-corrected chi connectivity index (χ1v) is 11.1. The van der Waals surface area contributed by atoms with Crippen LogP contribution in [0.5, 0.6) is 0 Å². The lowest BCUT2D eigenvalue weighted by Crippen LogP contribution is -2.43. The second kappa shape index (κ2) is 8.60. The number of carbonyl (C=O) groups is 2. The second-order valence-corrected chi connectivity index (χ2v) is 8.94. The number of likely N-dealkylation sites (tertiary alicyclic amines) is 1. The number of nitrogens with zero attached hydrogens (tertiary/aromatic N) is 2. The van der Waals surface area contributed by atoms with Gasteiger partial charge in [-0.05, 0) is 44.9 Å². The summed E-state index contributed by atoms with van der Waals surface area (Å²) >= 11 is 1.62. The molecule has 0 bridgehead atoms. The van der Waals surface area contributed by atoms with E-state index < -0.39 is 0 Å².